The Morgan fingerprint density at radius 2 is 1.81 bits per heavy atom. The van der Waals surface area contributed by atoms with Crippen molar-refractivity contribution in [1.82, 2.24) is 5.32 Å². The Bertz CT molecular complexity index is 804. The fourth-order valence-corrected chi connectivity index (χ4v) is 3.79. The smallest absolute Gasteiger partial charge is 0.387 e. The fourth-order valence-electron chi connectivity index (χ4n) is 3.79. The lowest BCUT2D eigenvalue weighted by molar-refractivity contribution is -0.127. The zero-order valence-corrected chi connectivity index (χ0v) is 15.1. The maximum Gasteiger partial charge on any atom is 0.387 e. The Kier molecular flexibility index (Phi) is 5.73. The van der Waals surface area contributed by atoms with Crippen LogP contribution in [0.3, 0.4) is 0 Å². The van der Waals surface area contributed by atoms with Crippen LogP contribution in [-0.2, 0) is 10.2 Å². The molecule has 144 valence electrons. The minimum Gasteiger partial charge on any atom is -0.435 e. The Morgan fingerprint density at radius 1 is 1.11 bits per heavy atom. The van der Waals surface area contributed by atoms with Gasteiger partial charge in [-0.2, -0.15) is 8.78 Å². The number of carbonyl (C=O) groups excluding carboxylic acids is 1. The molecule has 1 aliphatic carbocycles. The highest BCUT2D eigenvalue weighted by Crippen LogP contribution is 2.42. The number of hydrogen-bond donors (Lipinski definition) is 1. The van der Waals surface area contributed by atoms with E-state index in [2.05, 4.69) is 10.1 Å². The lowest BCUT2D eigenvalue weighted by atomic mass is 9.77. The van der Waals surface area contributed by atoms with Crippen LogP contribution in [0.5, 0.6) is 5.75 Å². The highest BCUT2D eigenvalue weighted by molar-refractivity contribution is 5.89. The Labute approximate surface area is 156 Å². The molecule has 0 bridgehead atoms. The predicted octanol–water partition coefficient (Wildman–Crippen LogP) is 5.12. The van der Waals surface area contributed by atoms with Gasteiger partial charge in [-0.3, -0.25) is 4.79 Å². The SMILES string of the molecule is CC(NC(=O)C1(c2cccc(F)c2)CCCC1)c1cccc(OC(F)F)c1. The van der Waals surface area contributed by atoms with E-state index < -0.39 is 18.1 Å². The number of halogens is 3. The summed E-state index contributed by atoms with van der Waals surface area (Å²) in [6.07, 6.45) is 3.11. The first-order chi connectivity index (χ1) is 12.9. The zero-order chi connectivity index (χ0) is 19.4. The second-order valence-corrected chi connectivity index (χ2v) is 6.95. The van der Waals surface area contributed by atoms with E-state index in [1.807, 2.05) is 0 Å². The predicted molar refractivity (Wildman–Crippen MR) is 96.2 cm³/mol. The van der Waals surface area contributed by atoms with Crippen molar-refractivity contribution in [3.8, 4) is 5.75 Å². The standard InChI is InChI=1S/C21H22F3NO2/c1-14(15-6-4-9-18(12-15)27-20(23)24)25-19(26)21(10-2-3-11-21)16-7-5-8-17(22)13-16/h4-9,12-14,20H,2-3,10-11H2,1H3,(H,25,26). The van der Waals surface area contributed by atoms with Gasteiger partial charge in [0.1, 0.15) is 11.6 Å². The van der Waals surface area contributed by atoms with Crippen molar-refractivity contribution >= 4 is 5.91 Å². The molecule has 3 nitrogen and oxygen atoms in total. The van der Waals surface area contributed by atoms with Crippen LogP contribution in [0.1, 0.15) is 49.8 Å². The summed E-state index contributed by atoms with van der Waals surface area (Å²) in [6.45, 7) is -1.12. The van der Waals surface area contributed by atoms with Crippen molar-refractivity contribution < 1.29 is 22.7 Å². The Hall–Kier alpha value is -2.50. The molecule has 0 heterocycles. The van der Waals surface area contributed by atoms with E-state index >= 15 is 0 Å². The van der Waals surface area contributed by atoms with Gasteiger partial charge in [0.2, 0.25) is 5.91 Å². The number of ether oxygens (including phenoxy) is 1. The first-order valence-corrected chi connectivity index (χ1v) is 9.02. The molecule has 1 fully saturated rings. The molecule has 0 aromatic heterocycles. The maximum absolute atomic E-state index is 13.7. The van der Waals surface area contributed by atoms with Crippen LogP contribution < -0.4 is 10.1 Å². The van der Waals surface area contributed by atoms with Crippen molar-refractivity contribution in [2.45, 2.75) is 50.7 Å². The summed E-state index contributed by atoms with van der Waals surface area (Å²) in [5.41, 5.74) is 0.585. The van der Waals surface area contributed by atoms with Crippen molar-refractivity contribution in [1.29, 1.82) is 0 Å². The largest absolute Gasteiger partial charge is 0.435 e. The number of nitrogens with one attached hydrogen (secondary N) is 1. The molecule has 0 saturated heterocycles. The van der Waals surface area contributed by atoms with Gasteiger partial charge in [0, 0.05) is 0 Å². The van der Waals surface area contributed by atoms with E-state index in [1.165, 1.54) is 24.3 Å². The Morgan fingerprint density at radius 3 is 2.48 bits per heavy atom. The molecule has 1 unspecified atom stereocenters. The molecule has 1 amide bonds. The van der Waals surface area contributed by atoms with E-state index in [9.17, 15) is 18.0 Å². The van der Waals surface area contributed by atoms with Gasteiger partial charge in [-0.15, -0.1) is 0 Å². The molecule has 1 atom stereocenters. The van der Waals surface area contributed by atoms with Crippen molar-refractivity contribution in [2.24, 2.45) is 0 Å². The van der Waals surface area contributed by atoms with Crippen LogP contribution in [0.25, 0.3) is 0 Å². The lowest BCUT2D eigenvalue weighted by Crippen LogP contribution is -2.43. The summed E-state index contributed by atoms with van der Waals surface area (Å²) in [6, 6.07) is 12.1. The third-order valence-electron chi connectivity index (χ3n) is 5.20. The van der Waals surface area contributed by atoms with Crippen LogP contribution in [-0.4, -0.2) is 12.5 Å². The van der Waals surface area contributed by atoms with E-state index in [1.54, 1.807) is 31.2 Å². The zero-order valence-electron chi connectivity index (χ0n) is 15.1. The van der Waals surface area contributed by atoms with Crippen LogP contribution >= 0.6 is 0 Å². The van der Waals surface area contributed by atoms with Gasteiger partial charge in [-0.05, 0) is 55.2 Å². The number of rotatable bonds is 6. The second-order valence-electron chi connectivity index (χ2n) is 6.95. The first kappa shape index (κ1) is 19.3. The monoisotopic (exact) mass is 377 g/mol. The van der Waals surface area contributed by atoms with Gasteiger partial charge in [-0.1, -0.05) is 37.1 Å². The number of benzene rings is 2. The Balaban J connectivity index is 1.80. The van der Waals surface area contributed by atoms with Crippen LogP contribution in [0.4, 0.5) is 13.2 Å². The summed E-state index contributed by atoms with van der Waals surface area (Å²) in [5.74, 6) is -0.487. The van der Waals surface area contributed by atoms with Gasteiger partial charge in [-0.25, -0.2) is 4.39 Å². The van der Waals surface area contributed by atoms with Crippen molar-refractivity contribution in [3.05, 3.63) is 65.5 Å². The van der Waals surface area contributed by atoms with Crippen LogP contribution in [0.2, 0.25) is 0 Å². The number of amides is 1. The molecule has 3 rings (SSSR count). The molecule has 1 N–H and O–H groups in total. The molecule has 6 heteroatoms. The molecule has 0 spiro atoms. The minimum absolute atomic E-state index is 0.0457. The van der Waals surface area contributed by atoms with Gasteiger partial charge in [0.05, 0.1) is 11.5 Å². The minimum atomic E-state index is -2.90. The first-order valence-electron chi connectivity index (χ1n) is 9.02. The summed E-state index contributed by atoms with van der Waals surface area (Å²) >= 11 is 0. The number of hydrogen-bond acceptors (Lipinski definition) is 2. The van der Waals surface area contributed by atoms with E-state index in [-0.39, 0.29) is 17.5 Å². The highest BCUT2D eigenvalue weighted by Gasteiger charge is 2.43. The number of alkyl halides is 2. The van der Waals surface area contributed by atoms with Crippen molar-refractivity contribution in [3.63, 3.8) is 0 Å². The second kappa shape index (κ2) is 8.03. The molecular formula is C21H22F3NO2. The van der Waals surface area contributed by atoms with Crippen LogP contribution in [0, 0.1) is 5.82 Å². The normalized spacial score (nSPS) is 16.9. The maximum atomic E-state index is 13.7. The fraction of sp³-hybridized carbons (Fsp3) is 0.381. The third-order valence-corrected chi connectivity index (χ3v) is 5.20. The molecule has 0 aliphatic heterocycles. The average molecular weight is 377 g/mol. The van der Waals surface area contributed by atoms with E-state index in [4.69, 9.17) is 0 Å². The topological polar surface area (TPSA) is 38.3 Å². The molecule has 27 heavy (non-hydrogen) atoms. The van der Waals surface area contributed by atoms with Gasteiger partial charge in [0.25, 0.3) is 0 Å². The molecular weight excluding hydrogens is 355 g/mol. The number of carbonyl (C=O) groups is 1. The van der Waals surface area contributed by atoms with Crippen molar-refractivity contribution in [2.75, 3.05) is 0 Å². The summed E-state index contributed by atoms with van der Waals surface area (Å²) in [7, 11) is 0. The highest BCUT2D eigenvalue weighted by atomic mass is 19.3. The average Bonchev–Trinajstić information content (AvgIpc) is 3.12. The molecule has 1 aliphatic rings. The summed E-state index contributed by atoms with van der Waals surface area (Å²) in [5, 5.41) is 2.97. The lowest BCUT2D eigenvalue weighted by Gasteiger charge is -2.30. The van der Waals surface area contributed by atoms with Gasteiger partial charge in [0.15, 0.2) is 0 Å². The summed E-state index contributed by atoms with van der Waals surface area (Å²) < 4.78 is 43.0. The summed E-state index contributed by atoms with van der Waals surface area (Å²) in [4.78, 5) is 13.1. The van der Waals surface area contributed by atoms with Gasteiger partial charge >= 0.3 is 6.61 Å². The quantitative estimate of drug-likeness (QED) is 0.759. The third kappa shape index (κ3) is 4.26. The molecule has 0 radical (unpaired) electrons. The molecule has 2 aromatic rings. The van der Waals surface area contributed by atoms with Gasteiger partial charge < -0.3 is 10.1 Å². The van der Waals surface area contributed by atoms with E-state index in [0.717, 1.165) is 12.8 Å². The van der Waals surface area contributed by atoms with E-state index in [0.29, 0.717) is 24.0 Å². The molecule has 1 saturated carbocycles. The van der Waals surface area contributed by atoms with Crippen LogP contribution in [0.15, 0.2) is 48.5 Å². The molecule has 2 aromatic carbocycles.